The van der Waals surface area contributed by atoms with Gasteiger partial charge in [0.25, 0.3) is 0 Å². The molecule has 0 bridgehead atoms. The molecule has 1 rings (SSSR count). The second-order valence-electron chi connectivity index (χ2n) is 7.25. The minimum atomic E-state index is 0.249. The molecule has 1 aliphatic rings. The third-order valence-electron chi connectivity index (χ3n) is 5.41. The zero-order valence-corrected chi connectivity index (χ0v) is 16.3. The molecule has 1 aliphatic heterocycles. The van der Waals surface area contributed by atoms with Crippen molar-refractivity contribution in [2.45, 2.75) is 84.5 Å². The average Bonchev–Trinajstić information content (AvgIpc) is 2.99. The van der Waals surface area contributed by atoms with Crippen LogP contribution in [0.4, 0.5) is 0 Å². The summed E-state index contributed by atoms with van der Waals surface area (Å²) >= 11 is 0. The number of hydrogen-bond acceptors (Lipinski definition) is 2. The molecule has 0 amide bonds. The van der Waals surface area contributed by atoms with Crippen LogP contribution in [0.5, 0.6) is 0 Å². The van der Waals surface area contributed by atoms with E-state index in [1.807, 2.05) is 0 Å². The van der Waals surface area contributed by atoms with E-state index in [4.69, 9.17) is 0 Å². The Morgan fingerprint density at radius 2 is 1.58 bits per heavy atom. The summed E-state index contributed by atoms with van der Waals surface area (Å²) in [7, 11) is 0. The van der Waals surface area contributed by atoms with E-state index in [0.717, 1.165) is 30.7 Å². The van der Waals surface area contributed by atoms with Crippen LogP contribution >= 0.6 is 0 Å². The number of rotatable bonds is 15. The summed E-state index contributed by atoms with van der Waals surface area (Å²) in [5, 5.41) is 9.32. The van der Waals surface area contributed by atoms with Gasteiger partial charge in [-0.3, -0.25) is 4.48 Å². The Labute approximate surface area is 150 Å². The Morgan fingerprint density at radius 1 is 0.958 bits per heavy atom. The van der Waals surface area contributed by atoms with Crippen molar-refractivity contribution in [3.8, 4) is 0 Å². The number of aliphatic hydroxyl groups excluding tert-OH is 1. The Kier molecular flexibility index (Phi) is 12.1. The maximum absolute atomic E-state index is 9.32. The van der Waals surface area contributed by atoms with Crippen LogP contribution in [0.3, 0.4) is 0 Å². The van der Waals surface area contributed by atoms with Crippen molar-refractivity contribution in [1.82, 2.24) is 0 Å². The second-order valence-corrected chi connectivity index (χ2v) is 7.25. The van der Waals surface area contributed by atoms with E-state index in [0.29, 0.717) is 0 Å². The van der Waals surface area contributed by atoms with Gasteiger partial charge in [0.15, 0.2) is 0 Å². The van der Waals surface area contributed by atoms with Crippen LogP contribution in [0.1, 0.15) is 84.5 Å². The molecule has 1 heterocycles. The van der Waals surface area contributed by atoms with Crippen molar-refractivity contribution in [2.75, 3.05) is 32.8 Å². The summed E-state index contributed by atoms with van der Waals surface area (Å²) in [5.74, 6) is 1.18. The largest absolute Gasteiger partial charge is 0.390 e. The Balaban J connectivity index is 2.05. The highest BCUT2D eigenvalue weighted by atomic mass is 16.3. The molecule has 0 aliphatic carbocycles. The first kappa shape index (κ1) is 21.4. The number of allylic oxidation sites excluding steroid dienone is 1. The Hall–Kier alpha value is -0.670. The lowest BCUT2D eigenvalue weighted by molar-refractivity contribution is -0.832. The topological polar surface area (TPSA) is 32.6 Å². The summed E-state index contributed by atoms with van der Waals surface area (Å²) in [6, 6.07) is 0. The quantitative estimate of drug-likeness (QED) is 0.327. The molecule has 1 unspecified atom stereocenters. The summed E-state index contributed by atoms with van der Waals surface area (Å²) in [6.45, 7) is 8.52. The van der Waals surface area contributed by atoms with Crippen molar-refractivity contribution in [3.63, 3.8) is 0 Å². The first-order valence-electron chi connectivity index (χ1n) is 10.5. The fourth-order valence-electron chi connectivity index (χ4n) is 3.67. The molecule has 0 aromatic carbocycles. The predicted molar refractivity (Wildman–Crippen MR) is 106 cm³/mol. The van der Waals surface area contributed by atoms with Gasteiger partial charge in [0.2, 0.25) is 5.84 Å². The molecule has 3 nitrogen and oxygen atoms in total. The van der Waals surface area contributed by atoms with E-state index in [9.17, 15) is 5.11 Å². The highest BCUT2D eigenvalue weighted by Crippen LogP contribution is 2.16. The molecule has 0 spiro atoms. The molecule has 0 radical (unpaired) electrons. The zero-order chi connectivity index (χ0) is 17.5. The number of aliphatic imine (C=N–C) groups is 1. The maximum atomic E-state index is 9.32. The van der Waals surface area contributed by atoms with Crippen molar-refractivity contribution >= 4 is 5.84 Å². The lowest BCUT2D eigenvalue weighted by Gasteiger charge is -2.31. The molecule has 0 fully saturated rings. The number of quaternary nitrogens is 1. The molecular weight excluding hydrogens is 296 g/mol. The Bertz CT molecular complexity index is 365. The number of aliphatic hydroxyl groups is 1. The molecule has 0 saturated carbocycles. The van der Waals surface area contributed by atoms with Gasteiger partial charge in [-0.05, 0) is 19.8 Å². The van der Waals surface area contributed by atoms with E-state index >= 15 is 0 Å². The lowest BCUT2D eigenvalue weighted by atomic mass is 10.1. The molecule has 3 heteroatoms. The normalized spacial score (nSPS) is 20.9. The van der Waals surface area contributed by atoms with Crippen LogP contribution in [0, 0.1) is 0 Å². The van der Waals surface area contributed by atoms with E-state index in [-0.39, 0.29) is 6.61 Å². The molecule has 1 N–H and O–H groups in total. The average molecular weight is 338 g/mol. The van der Waals surface area contributed by atoms with E-state index in [1.165, 1.54) is 76.5 Å². The molecule has 0 aromatic rings. The van der Waals surface area contributed by atoms with Gasteiger partial charge in [-0.25, -0.2) is 4.99 Å². The standard InChI is InChI=1S/C21H41N2O/c1-3-5-6-7-8-9-10-11-12-13-14-15-16-21-22-17-18-23(21,4-2)19-20-24/h15-16,24H,3-14,17-20H2,1-2H3/q+1/b16-15+. The molecule has 1 atom stereocenters. The van der Waals surface area contributed by atoms with Gasteiger partial charge in [-0.15, -0.1) is 0 Å². The molecule has 24 heavy (non-hydrogen) atoms. The molecular formula is C21H41N2O+. The van der Waals surface area contributed by atoms with Crippen molar-refractivity contribution in [1.29, 1.82) is 0 Å². The first-order chi connectivity index (χ1) is 11.8. The number of nitrogens with zero attached hydrogens (tertiary/aromatic N) is 2. The van der Waals surface area contributed by atoms with Crippen LogP contribution in [-0.2, 0) is 0 Å². The van der Waals surface area contributed by atoms with Crippen LogP contribution < -0.4 is 0 Å². The summed E-state index contributed by atoms with van der Waals surface area (Å²) < 4.78 is 0.866. The number of likely N-dealkylation sites (N-methyl/N-ethyl adjacent to an activating group) is 1. The van der Waals surface area contributed by atoms with Gasteiger partial charge < -0.3 is 5.11 Å². The first-order valence-corrected chi connectivity index (χ1v) is 10.5. The fourth-order valence-corrected chi connectivity index (χ4v) is 3.67. The molecule has 0 saturated heterocycles. The summed E-state index contributed by atoms with van der Waals surface area (Å²) in [4.78, 5) is 4.66. The SMILES string of the molecule is CCCCCCCCCCCC/C=C/C1=NCC[N+]1(CC)CCO. The smallest absolute Gasteiger partial charge is 0.222 e. The van der Waals surface area contributed by atoms with Gasteiger partial charge in [0.1, 0.15) is 13.1 Å². The lowest BCUT2D eigenvalue weighted by Crippen LogP contribution is -2.51. The van der Waals surface area contributed by atoms with Crippen LogP contribution in [0.15, 0.2) is 17.1 Å². The van der Waals surface area contributed by atoms with Crippen LogP contribution in [-0.4, -0.2) is 48.2 Å². The van der Waals surface area contributed by atoms with Gasteiger partial charge in [-0.1, -0.05) is 70.8 Å². The highest BCUT2D eigenvalue weighted by Gasteiger charge is 2.34. The minimum absolute atomic E-state index is 0.249. The van der Waals surface area contributed by atoms with Gasteiger partial charge >= 0.3 is 0 Å². The predicted octanol–water partition coefficient (Wildman–Crippen LogP) is 5.09. The highest BCUT2D eigenvalue weighted by molar-refractivity contribution is 5.88. The Morgan fingerprint density at radius 3 is 2.17 bits per heavy atom. The number of amidine groups is 1. The van der Waals surface area contributed by atoms with Gasteiger partial charge in [0.05, 0.1) is 19.7 Å². The monoisotopic (exact) mass is 337 g/mol. The third kappa shape index (κ3) is 7.94. The van der Waals surface area contributed by atoms with Gasteiger partial charge in [-0.2, -0.15) is 0 Å². The maximum Gasteiger partial charge on any atom is 0.222 e. The summed E-state index contributed by atoms with van der Waals surface area (Å²) in [5.41, 5.74) is 0. The van der Waals surface area contributed by atoms with E-state index in [2.05, 4.69) is 31.0 Å². The zero-order valence-electron chi connectivity index (χ0n) is 16.3. The van der Waals surface area contributed by atoms with Crippen molar-refractivity contribution in [3.05, 3.63) is 12.2 Å². The fraction of sp³-hybridized carbons (Fsp3) is 0.857. The van der Waals surface area contributed by atoms with E-state index < -0.39 is 0 Å². The van der Waals surface area contributed by atoms with Crippen LogP contribution in [0.25, 0.3) is 0 Å². The number of unbranched alkanes of at least 4 members (excludes halogenated alkanes) is 10. The molecule has 140 valence electrons. The van der Waals surface area contributed by atoms with Crippen LogP contribution in [0.2, 0.25) is 0 Å². The minimum Gasteiger partial charge on any atom is -0.390 e. The summed E-state index contributed by atoms with van der Waals surface area (Å²) in [6.07, 6.45) is 19.6. The van der Waals surface area contributed by atoms with Crippen molar-refractivity contribution < 1.29 is 9.59 Å². The molecule has 0 aromatic heterocycles. The van der Waals surface area contributed by atoms with Gasteiger partial charge in [0, 0.05) is 6.08 Å². The van der Waals surface area contributed by atoms with Crippen molar-refractivity contribution in [2.24, 2.45) is 4.99 Å². The number of hydrogen-bond donors (Lipinski definition) is 1. The second kappa shape index (κ2) is 13.6. The third-order valence-corrected chi connectivity index (χ3v) is 5.41. The van der Waals surface area contributed by atoms with E-state index in [1.54, 1.807) is 0 Å².